The summed E-state index contributed by atoms with van der Waals surface area (Å²) >= 11 is 0. The van der Waals surface area contributed by atoms with Crippen molar-refractivity contribution < 1.29 is 13.2 Å². The molecule has 3 rings (SSSR count). The summed E-state index contributed by atoms with van der Waals surface area (Å²) in [5.74, 6) is -0.148. The van der Waals surface area contributed by atoms with E-state index in [2.05, 4.69) is 15.4 Å². The molecule has 1 aliphatic heterocycles. The van der Waals surface area contributed by atoms with Crippen molar-refractivity contribution in [1.29, 1.82) is 0 Å². The number of amides is 1. The van der Waals surface area contributed by atoms with E-state index in [1.807, 2.05) is 19.9 Å². The van der Waals surface area contributed by atoms with Crippen LogP contribution < -0.4 is 5.32 Å². The van der Waals surface area contributed by atoms with Crippen molar-refractivity contribution in [3.63, 3.8) is 0 Å². The molecule has 1 fully saturated rings. The van der Waals surface area contributed by atoms with E-state index >= 15 is 0 Å². The van der Waals surface area contributed by atoms with Gasteiger partial charge in [0.05, 0.1) is 6.26 Å². The first-order valence-electron chi connectivity index (χ1n) is 8.31. The maximum Gasteiger partial charge on any atom is 0.271 e. The van der Waals surface area contributed by atoms with Crippen molar-refractivity contribution >= 4 is 21.6 Å². The van der Waals surface area contributed by atoms with Gasteiger partial charge in [-0.25, -0.2) is 22.2 Å². The van der Waals surface area contributed by atoms with Crippen LogP contribution in [0.15, 0.2) is 12.1 Å². The van der Waals surface area contributed by atoms with E-state index in [1.54, 1.807) is 10.6 Å². The zero-order valence-corrected chi connectivity index (χ0v) is 15.5. The predicted octanol–water partition coefficient (Wildman–Crippen LogP) is 0.748. The number of hydrogen-bond donors (Lipinski definition) is 1. The van der Waals surface area contributed by atoms with E-state index < -0.39 is 10.0 Å². The lowest BCUT2D eigenvalue weighted by atomic mass is 10.00. The number of aromatic nitrogens is 3. The van der Waals surface area contributed by atoms with Crippen LogP contribution in [0.4, 0.5) is 0 Å². The fraction of sp³-hybridized carbons (Fsp3) is 0.562. The molecule has 3 heterocycles. The summed E-state index contributed by atoms with van der Waals surface area (Å²) in [5.41, 5.74) is 2.75. The molecule has 0 aromatic carbocycles. The molecule has 25 heavy (non-hydrogen) atoms. The summed E-state index contributed by atoms with van der Waals surface area (Å²) in [6.07, 6.45) is 2.93. The molecule has 2 aromatic rings. The standard InChI is InChI=1S/C16H23N5O3S/c1-11-7-12(2)21-15(18-11)8-14(19-21)16(22)17-9-13-5-4-6-20(10-13)25(3,23)24/h7-8,13H,4-6,9-10H2,1-3H3,(H,17,22). The number of carbonyl (C=O) groups excluding carboxylic acids is 1. The van der Waals surface area contributed by atoms with Gasteiger partial charge >= 0.3 is 0 Å². The number of rotatable bonds is 4. The fourth-order valence-electron chi connectivity index (χ4n) is 3.22. The number of nitrogens with one attached hydrogen (secondary N) is 1. The molecule has 0 spiro atoms. The Morgan fingerprint density at radius 1 is 1.36 bits per heavy atom. The molecule has 0 aliphatic carbocycles. The van der Waals surface area contributed by atoms with Crippen molar-refractivity contribution in [2.75, 3.05) is 25.9 Å². The zero-order chi connectivity index (χ0) is 18.2. The molecule has 1 aliphatic rings. The van der Waals surface area contributed by atoms with Gasteiger partial charge in [-0.05, 0) is 38.7 Å². The molecule has 1 unspecified atom stereocenters. The summed E-state index contributed by atoms with van der Waals surface area (Å²) in [6.45, 7) is 5.25. The number of hydrogen-bond acceptors (Lipinski definition) is 5. The smallest absolute Gasteiger partial charge is 0.271 e. The third kappa shape index (κ3) is 3.98. The van der Waals surface area contributed by atoms with Crippen LogP contribution in [0.25, 0.3) is 5.65 Å². The zero-order valence-electron chi connectivity index (χ0n) is 14.7. The summed E-state index contributed by atoms with van der Waals surface area (Å²) in [4.78, 5) is 16.8. The molecular formula is C16H23N5O3S. The minimum Gasteiger partial charge on any atom is -0.350 e. The second-order valence-corrected chi connectivity index (χ2v) is 8.66. The van der Waals surface area contributed by atoms with Gasteiger partial charge < -0.3 is 5.32 Å². The van der Waals surface area contributed by atoms with Crippen LogP contribution in [0.3, 0.4) is 0 Å². The number of piperidine rings is 1. The molecule has 2 aromatic heterocycles. The van der Waals surface area contributed by atoms with Crippen LogP contribution in [0.1, 0.15) is 34.7 Å². The molecule has 1 atom stereocenters. The highest BCUT2D eigenvalue weighted by Gasteiger charge is 2.26. The minimum atomic E-state index is -3.18. The molecule has 9 heteroatoms. The van der Waals surface area contributed by atoms with Gasteiger partial charge in [0.25, 0.3) is 5.91 Å². The number of carbonyl (C=O) groups is 1. The Kier molecular flexibility index (Phi) is 4.79. The maximum absolute atomic E-state index is 12.4. The van der Waals surface area contributed by atoms with Gasteiger partial charge in [-0.15, -0.1) is 0 Å². The molecule has 136 valence electrons. The van der Waals surface area contributed by atoms with Crippen LogP contribution in [0.2, 0.25) is 0 Å². The first-order valence-corrected chi connectivity index (χ1v) is 10.2. The second-order valence-electron chi connectivity index (χ2n) is 6.68. The van der Waals surface area contributed by atoms with Crippen LogP contribution in [-0.2, 0) is 10.0 Å². The molecule has 1 saturated heterocycles. The monoisotopic (exact) mass is 365 g/mol. The van der Waals surface area contributed by atoms with E-state index in [4.69, 9.17) is 0 Å². The Hall–Kier alpha value is -2.00. The quantitative estimate of drug-likeness (QED) is 0.862. The van der Waals surface area contributed by atoms with E-state index in [1.165, 1.54) is 10.6 Å². The van der Waals surface area contributed by atoms with Gasteiger partial charge in [-0.3, -0.25) is 4.79 Å². The summed E-state index contributed by atoms with van der Waals surface area (Å²) in [5, 5.41) is 7.18. The largest absolute Gasteiger partial charge is 0.350 e. The van der Waals surface area contributed by atoms with E-state index in [0.29, 0.717) is 31.0 Å². The average Bonchev–Trinajstić information content (AvgIpc) is 2.96. The third-order valence-electron chi connectivity index (χ3n) is 4.47. The topological polar surface area (TPSA) is 96.7 Å². The predicted molar refractivity (Wildman–Crippen MR) is 93.9 cm³/mol. The molecule has 1 amide bonds. The lowest BCUT2D eigenvalue weighted by molar-refractivity contribution is 0.0936. The highest BCUT2D eigenvalue weighted by atomic mass is 32.2. The Morgan fingerprint density at radius 3 is 2.84 bits per heavy atom. The second kappa shape index (κ2) is 6.72. The number of nitrogens with zero attached hydrogens (tertiary/aromatic N) is 4. The normalized spacial score (nSPS) is 19.2. The van der Waals surface area contributed by atoms with Crippen LogP contribution in [-0.4, -0.2) is 59.1 Å². The van der Waals surface area contributed by atoms with Crippen LogP contribution in [0, 0.1) is 19.8 Å². The van der Waals surface area contributed by atoms with E-state index in [0.717, 1.165) is 24.2 Å². The van der Waals surface area contributed by atoms with Gasteiger partial charge in [0, 0.05) is 37.1 Å². The molecular weight excluding hydrogens is 342 g/mol. The average molecular weight is 365 g/mol. The first-order chi connectivity index (χ1) is 11.7. The molecule has 8 nitrogen and oxygen atoms in total. The van der Waals surface area contributed by atoms with Gasteiger partial charge in [-0.1, -0.05) is 0 Å². The van der Waals surface area contributed by atoms with Crippen LogP contribution in [0.5, 0.6) is 0 Å². The van der Waals surface area contributed by atoms with E-state index in [-0.39, 0.29) is 11.8 Å². The first kappa shape index (κ1) is 17.8. The van der Waals surface area contributed by atoms with Gasteiger partial charge in [0.2, 0.25) is 10.0 Å². The Bertz CT molecular complexity index is 906. The lowest BCUT2D eigenvalue weighted by Crippen LogP contribution is -2.43. The SMILES string of the molecule is Cc1cc(C)n2nc(C(=O)NCC3CCCN(S(C)(=O)=O)C3)cc2n1. The van der Waals surface area contributed by atoms with E-state index in [9.17, 15) is 13.2 Å². The number of aryl methyl sites for hydroxylation is 2. The lowest BCUT2D eigenvalue weighted by Gasteiger charge is -2.30. The molecule has 1 N–H and O–H groups in total. The van der Waals surface area contributed by atoms with Crippen molar-refractivity contribution in [3.05, 3.63) is 29.2 Å². The van der Waals surface area contributed by atoms with Gasteiger partial charge in [0.15, 0.2) is 11.3 Å². The summed E-state index contributed by atoms with van der Waals surface area (Å²) in [7, 11) is -3.18. The maximum atomic E-state index is 12.4. The van der Waals surface area contributed by atoms with Gasteiger partial charge in [-0.2, -0.15) is 5.10 Å². The summed E-state index contributed by atoms with van der Waals surface area (Å²) in [6, 6.07) is 3.57. The highest BCUT2D eigenvalue weighted by molar-refractivity contribution is 7.88. The van der Waals surface area contributed by atoms with Crippen LogP contribution >= 0.6 is 0 Å². The number of sulfonamides is 1. The van der Waals surface area contributed by atoms with Crippen molar-refractivity contribution in [3.8, 4) is 0 Å². The Labute approximate surface area is 147 Å². The molecule has 0 radical (unpaired) electrons. The summed E-state index contributed by atoms with van der Waals surface area (Å²) < 4.78 is 26.5. The molecule has 0 bridgehead atoms. The van der Waals surface area contributed by atoms with Gasteiger partial charge in [0.1, 0.15) is 0 Å². The Morgan fingerprint density at radius 2 is 2.12 bits per heavy atom. The van der Waals surface area contributed by atoms with Crippen molar-refractivity contribution in [2.24, 2.45) is 5.92 Å². The Balaban J connectivity index is 1.66. The highest BCUT2D eigenvalue weighted by Crippen LogP contribution is 2.18. The van der Waals surface area contributed by atoms with Crippen molar-refractivity contribution in [2.45, 2.75) is 26.7 Å². The number of fused-ring (bicyclic) bond motifs is 1. The molecule has 0 saturated carbocycles. The third-order valence-corrected chi connectivity index (χ3v) is 5.74. The van der Waals surface area contributed by atoms with Crippen molar-refractivity contribution in [1.82, 2.24) is 24.2 Å². The minimum absolute atomic E-state index is 0.117. The fourth-order valence-corrected chi connectivity index (χ4v) is 4.16.